The molecule has 0 aromatic rings. The van der Waals surface area contributed by atoms with Gasteiger partial charge in [-0.15, -0.1) is 0 Å². The summed E-state index contributed by atoms with van der Waals surface area (Å²) in [6.07, 6.45) is 32.4. The van der Waals surface area contributed by atoms with E-state index in [-0.39, 0.29) is 25.2 Å². The Bertz CT molecular complexity index is 756. The molecular weight excluding hydrogens is 528 g/mol. The molecule has 0 aliphatic carbocycles. The number of hydrogen-bond acceptors (Lipinski definition) is 6. The van der Waals surface area contributed by atoms with Gasteiger partial charge in [0.05, 0.1) is 12.2 Å². The number of hydrogen-bond donors (Lipinski definition) is 1. The predicted octanol–water partition coefficient (Wildman–Crippen LogP) is 8.96. The quantitative estimate of drug-likeness (QED) is 0.0424. The zero-order valence-corrected chi connectivity index (χ0v) is 27.1. The molecule has 42 heavy (non-hydrogen) atoms. The summed E-state index contributed by atoms with van der Waals surface area (Å²) >= 11 is 0. The zero-order chi connectivity index (χ0) is 30.7. The van der Waals surface area contributed by atoms with Crippen molar-refractivity contribution in [3.63, 3.8) is 0 Å². The third-order valence-corrected chi connectivity index (χ3v) is 7.46. The van der Waals surface area contributed by atoms with Crippen molar-refractivity contribution < 1.29 is 28.9 Å². The number of epoxide rings is 1. The molecule has 0 radical (unpaired) electrons. The van der Waals surface area contributed by atoms with Gasteiger partial charge in [-0.2, -0.15) is 0 Å². The van der Waals surface area contributed by atoms with Gasteiger partial charge in [0.15, 0.2) is 0 Å². The summed E-state index contributed by atoms with van der Waals surface area (Å²) in [4.78, 5) is 23.8. The van der Waals surface area contributed by atoms with Crippen molar-refractivity contribution in [1.82, 2.24) is 0 Å². The molecule has 0 aromatic heterocycles. The third-order valence-electron chi connectivity index (χ3n) is 7.46. The Morgan fingerprint density at radius 1 is 0.690 bits per heavy atom. The highest BCUT2D eigenvalue weighted by molar-refractivity contribution is 5.69. The highest BCUT2D eigenvalue weighted by Crippen LogP contribution is 2.29. The lowest BCUT2D eigenvalue weighted by Crippen LogP contribution is -2.25. The number of esters is 2. The lowest BCUT2D eigenvalue weighted by Gasteiger charge is -2.12. The van der Waals surface area contributed by atoms with Crippen molar-refractivity contribution >= 4 is 11.9 Å². The van der Waals surface area contributed by atoms with Gasteiger partial charge in [0.25, 0.3) is 0 Å². The van der Waals surface area contributed by atoms with E-state index < -0.39 is 6.10 Å². The monoisotopic (exact) mass is 590 g/mol. The number of carbonyl (C=O) groups is 2. The molecule has 2 unspecified atom stereocenters. The number of allylic oxidation sites excluding steroid dienone is 4. The molecule has 3 atom stereocenters. The minimum Gasteiger partial charge on any atom is -0.463 e. The minimum absolute atomic E-state index is 0.137. The molecule has 0 aromatic carbocycles. The van der Waals surface area contributed by atoms with Crippen LogP contribution < -0.4 is 0 Å². The lowest BCUT2D eigenvalue weighted by atomic mass is 10.0. The van der Waals surface area contributed by atoms with E-state index in [2.05, 4.69) is 57.2 Å². The number of carbonyl (C=O) groups excluding carboxylic acids is 2. The molecule has 6 nitrogen and oxygen atoms in total. The summed E-state index contributed by atoms with van der Waals surface area (Å²) in [5.74, 6) is 0.148. The molecule has 0 amide bonds. The first-order valence-electron chi connectivity index (χ1n) is 17.0. The van der Waals surface area contributed by atoms with Crippen molar-refractivity contribution in [3.8, 4) is 0 Å². The fourth-order valence-electron chi connectivity index (χ4n) is 4.71. The van der Waals surface area contributed by atoms with E-state index in [1.54, 1.807) is 0 Å². The van der Waals surface area contributed by atoms with Crippen LogP contribution in [0.1, 0.15) is 143 Å². The van der Waals surface area contributed by atoms with Crippen molar-refractivity contribution in [2.45, 2.75) is 161 Å². The maximum atomic E-state index is 11.9. The number of aliphatic hydroxyl groups is 1. The summed E-state index contributed by atoms with van der Waals surface area (Å²) in [6, 6.07) is 0. The van der Waals surface area contributed by atoms with Crippen LogP contribution in [0.4, 0.5) is 0 Å². The van der Waals surface area contributed by atoms with Gasteiger partial charge in [-0.3, -0.25) is 9.59 Å². The fraction of sp³-hybridized carbons (Fsp3) is 0.778. The molecule has 0 saturated carbocycles. The summed E-state index contributed by atoms with van der Waals surface area (Å²) < 4.78 is 16.0. The van der Waals surface area contributed by atoms with Gasteiger partial charge in [0, 0.05) is 12.8 Å². The molecule has 6 heteroatoms. The van der Waals surface area contributed by atoms with Gasteiger partial charge in [0.1, 0.15) is 19.3 Å². The topological polar surface area (TPSA) is 85.4 Å². The third kappa shape index (κ3) is 24.7. The molecule has 1 saturated heterocycles. The fourth-order valence-corrected chi connectivity index (χ4v) is 4.71. The molecule has 1 heterocycles. The van der Waals surface area contributed by atoms with E-state index in [0.717, 1.165) is 50.9 Å². The Kier molecular flexibility index (Phi) is 24.2. The summed E-state index contributed by atoms with van der Waals surface area (Å²) in [6.45, 7) is 6.48. The van der Waals surface area contributed by atoms with Crippen molar-refractivity contribution in [2.75, 3.05) is 13.2 Å². The first-order chi connectivity index (χ1) is 20.4. The highest BCUT2D eigenvalue weighted by atomic mass is 16.6. The van der Waals surface area contributed by atoms with Crippen LogP contribution in [0.3, 0.4) is 0 Å². The van der Waals surface area contributed by atoms with E-state index in [1.807, 2.05) is 0 Å². The van der Waals surface area contributed by atoms with E-state index in [9.17, 15) is 14.7 Å². The molecular formula is C36H62O6. The van der Waals surface area contributed by atoms with Crippen LogP contribution in [0.15, 0.2) is 36.5 Å². The number of ether oxygens (including phenoxy) is 3. The largest absolute Gasteiger partial charge is 0.463 e. The molecule has 242 valence electrons. The zero-order valence-electron chi connectivity index (χ0n) is 27.1. The van der Waals surface area contributed by atoms with E-state index in [4.69, 9.17) is 14.2 Å². The van der Waals surface area contributed by atoms with Gasteiger partial charge in [-0.05, 0) is 57.3 Å². The first-order valence-corrected chi connectivity index (χ1v) is 17.0. The van der Waals surface area contributed by atoms with Gasteiger partial charge in [0.2, 0.25) is 0 Å². The SMILES string of the molecule is CCCCC/C=C\CC1OC1C/C=C\C/C=C\CCCC(=O)OC[C@H](O)COC(=O)CCCCCCCCCC(C)C. The Morgan fingerprint density at radius 2 is 1.21 bits per heavy atom. The van der Waals surface area contributed by atoms with Crippen molar-refractivity contribution in [2.24, 2.45) is 5.92 Å². The van der Waals surface area contributed by atoms with Crippen LogP contribution in [0, 0.1) is 5.92 Å². The average molecular weight is 591 g/mol. The van der Waals surface area contributed by atoms with Crippen LogP contribution in [0.2, 0.25) is 0 Å². The molecule has 1 aliphatic heterocycles. The Hall–Kier alpha value is -1.92. The van der Waals surface area contributed by atoms with E-state index >= 15 is 0 Å². The number of unbranched alkanes of at least 4 members (excludes halogenated alkanes) is 10. The smallest absolute Gasteiger partial charge is 0.305 e. The standard InChI is InChI=1S/C36H62O6/c1-4-5-6-7-15-20-25-33-34(42-33)26-21-16-11-9-13-18-23-28-36(39)41-30-32(37)29-40-35(38)27-22-17-12-8-10-14-19-24-31(2)3/h9,13,15-16,20-21,31-34,37H,4-8,10-12,14,17-19,22-30H2,1-3H3/b13-9-,20-15-,21-16-/t32-,33?,34?/m1/s1. The Labute approximate surface area is 257 Å². The first kappa shape index (κ1) is 38.1. The van der Waals surface area contributed by atoms with Gasteiger partial charge < -0.3 is 19.3 Å². The van der Waals surface area contributed by atoms with E-state index in [0.29, 0.717) is 31.5 Å². The van der Waals surface area contributed by atoms with Crippen LogP contribution >= 0.6 is 0 Å². The van der Waals surface area contributed by atoms with Crippen LogP contribution in [0.5, 0.6) is 0 Å². The second-order valence-electron chi connectivity index (χ2n) is 12.1. The summed E-state index contributed by atoms with van der Waals surface area (Å²) in [5.41, 5.74) is 0. The van der Waals surface area contributed by atoms with E-state index in [1.165, 1.54) is 57.8 Å². The maximum Gasteiger partial charge on any atom is 0.305 e. The normalized spacial score (nSPS) is 17.5. The summed E-state index contributed by atoms with van der Waals surface area (Å²) in [5, 5.41) is 9.95. The summed E-state index contributed by atoms with van der Waals surface area (Å²) in [7, 11) is 0. The average Bonchev–Trinajstić information content (AvgIpc) is 3.72. The second kappa shape index (κ2) is 26.7. The molecule has 1 N–H and O–H groups in total. The van der Waals surface area contributed by atoms with Crippen LogP contribution in [-0.4, -0.2) is 48.6 Å². The lowest BCUT2D eigenvalue weighted by molar-refractivity contribution is -0.152. The Morgan fingerprint density at radius 3 is 1.86 bits per heavy atom. The van der Waals surface area contributed by atoms with Crippen molar-refractivity contribution in [1.29, 1.82) is 0 Å². The molecule has 0 bridgehead atoms. The van der Waals surface area contributed by atoms with Gasteiger partial charge in [-0.25, -0.2) is 0 Å². The highest BCUT2D eigenvalue weighted by Gasteiger charge is 2.35. The number of aliphatic hydroxyl groups excluding tert-OH is 1. The molecule has 0 spiro atoms. The number of rotatable bonds is 28. The minimum atomic E-state index is -0.987. The van der Waals surface area contributed by atoms with Crippen molar-refractivity contribution in [3.05, 3.63) is 36.5 Å². The maximum absolute atomic E-state index is 11.9. The molecule has 1 fully saturated rings. The Balaban J connectivity index is 1.90. The molecule has 1 rings (SSSR count). The predicted molar refractivity (Wildman–Crippen MR) is 172 cm³/mol. The van der Waals surface area contributed by atoms with Crippen LogP contribution in [-0.2, 0) is 23.8 Å². The molecule has 1 aliphatic rings. The van der Waals surface area contributed by atoms with Gasteiger partial charge >= 0.3 is 11.9 Å². The van der Waals surface area contributed by atoms with Gasteiger partial charge in [-0.1, -0.05) is 115 Å². The second-order valence-corrected chi connectivity index (χ2v) is 12.1. The van der Waals surface area contributed by atoms with Crippen LogP contribution in [0.25, 0.3) is 0 Å².